The molecule has 1 aliphatic carbocycles. The first-order valence-corrected chi connectivity index (χ1v) is 13.5. The van der Waals surface area contributed by atoms with E-state index in [0.29, 0.717) is 18.8 Å². The maximum Gasteiger partial charge on any atom is 0.177 e. The van der Waals surface area contributed by atoms with Gasteiger partial charge in [-0.25, -0.2) is 18.4 Å². The molecule has 34 heavy (non-hydrogen) atoms. The summed E-state index contributed by atoms with van der Waals surface area (Å²) < 4.78 is 30.5. The average Bonchev–Trinajstić information content (AvgIpc) is 2.99. The Bertz CT molecular complexity index is 1370. The van der Waals surface area contributed by atoms with Crippen molar-refractivity contribution >= 4 is 15.7 Å². The number of anilines is 1. The van der Waals surface area contributed by atoms with Gasteiger partial charge in [0.25, 0.3) is 0 Å². The molecule has 178 valence electrons. The monoisotopic (exact) mass is 478 g/mol. The van der Waals surface area contributed by atoms with Crippen molar-refractivity contribution in [3.05, 3.63) is 59.3 Å². The average molecular weight is 479 g/mol. The molecule has 7 nitrogen and oxygen atoms in total. The second-order valence-electron chi connectivity index (χ2n) is 10.1. The van der Waals surface area contributed by atoms with E-state index in [4.69, 9.17) is 9.72 Å². The first kappa shape index (κ1) is 22.8. The zero-order chi connectivity index (χ0) is 24.1. The molecule has 0 atom stereocenters. The van der Waals surface area contributed by atoms with Crippen LogP contribution in [-0.4, -0.2) is 42.8 Å². The van der Waals surface area contributed by atoms with Crippen LogP contribution in [0.3, 0.4) is 0 Å². The van der Waals surface area contributed by atoms with Gasteiger partial charge in [-0.1, -0.05) is 19.9 Å². The molecule has 1 aliphatic heterocycles. The number of hydrogen-bond donors (Lipinski definition) is 0. The van der Waals surface area contributed by atoms with Crippen molar-refractivity contribution in [1.29, 1.82) is 0 Å². The fraction of sp³-hybridized carbons (Fsp3) is 0.423. The molecule has 0 radical (unpaired) electrons. The van der Waals surface area contributed by atoms with Gasteiger partial charge in [0.05, 0.1) is 17.1 Å². The standard InChI is InChI=1S/C26H30N4O3S/c1-17-24(34(4,31)32)12-19(14-27-17)18-5-6-23-20(11-18)15-30(9-10-33-23)25-21-13-26(2,3)8-7-22(21)28-16-29-25/h5-6,11-12,14,16H,7-10,13,15H2,1-4H3. The minimum Gasteiger partial charge on any atom is -0.491 e. The van der Waals surface area contributed by atoms with Gasteiger partial charge in [0.15, 0.2) is 9.84 Å². The lowest BCUT2D eigenvalue weighted by atomic mass is 9.76. The number of ether oxygens (including phenoxy) is 1. The molecular formula is C26H30N4O3S. The van der Waals surface area contributed by atoms with E-state index in [2.05, 4.69) is 34.8 Å². The number of nitrogens with zero attached hydrogens (tertiary/aromatic N) is 4. The van der Waals surface area contributed by atoms with Crippen LogP contribution in [0, 0.1) is 12.3 Å². The topological polar surface area (TPSA) is 85.3 Å². The summed E-state index contributed by atoms with van der Waals surface area (Å²) in [5.41, 5.74) is 5.86. The van der Waals surface area contributed by atoms with Crippen molar-refractivity contribution in [1.82, 2.24) is 15.0 Å². The maximum atomic E-state index is 12.2. The third kappa shape index (κ3) is 4.39. The molecule has 0 spiro atoms. The van der Waals surface area contributed by atoms with Gasteiger partial charge in [0, 0.05) is 41.4 Å². The molecular weight excluding hydrogens is 448 g/mol. The number of rotatable bonds is 3. The van der Waals surface area contributed by atoms with Crippen molar-refractivity contribution < 1.29 is 13.2 Å². The summed E-state index contributed by atoms with van der Waals surface area (Å²) in [6, 6.07) is 7.70. The SMILES string of the molecule is Cc1ncc(-c2ccc3c(c2)CN(c2ncnc4c2CC(C)(C)CC4)CCO3)cc1S(C)(=O)=O. The molecule has 0 unspecified atom stereocenters. The van der Waals surface area contributed by atoms with Crippen molar-refractivity contribution in [2.75, 3.05) is 24.3 Å². The van der Waals surface area contributed by atoms with E-state index >= 15 is 0 Å². The highest BCUT2D eigenvalue weighted by Gasteiger charge is 2.30. The molecule has 0 fully saturated rings. The lowest BCUT2D eigenvalue weighted by molar-refractivity contribution is 0.310. The Morgan fingerprint density at radius 1 is 1.09 bits per heavy atom. The van der Waals surface area contributed by atoms with E-state index in [1.807, 2.05) is 12.1 Å². The Morgan fingerprint density at radius 3 is 2.71 bits per heavy atom. The number of benzene rings is 1. The molecule has 3 heterocycles. The summed E-state index contributed by atoms with van der Waals surface area (Å²) >= 11 is 0. The fourth-order valence-corrected chi connectivity index (χ4v) is 5.86. The maximum absolute atomic E-state index is 12.2. The first-order chi connectivity index (χ1) is 16.1. The van der Waals surface area contributed by atoms with E-state index in [-0.39, 0.29) is 10.3 Å². The van der Waals surface area contributed by atoms with Crippen LogP contribution in [0.15, 0.2) is 41.7 Å². The predicted octanol–water partition coefficient (Wildman–Crippen LogP) is 4.16. The summed E-state index contributed by atoms with van der Waals surface area (Å²) in [6.07, 6.45) is 7.70. The van der Waals surface area contributed by atoms with Crippen LogP contribution in [0.4, 0.5) is 5.82 Å². The molecule has 1 aromatic carbocycles. The minimum absolute atomic E-state index is 0.232. The van der Waals surface area contributed by atoms with Crippen LogP contribution in [0.25, 0.3) is 11.1 Å². The van der Waals surface area contributed by atoms with Crippen LogP contribution < -0.4 is 9.64 Å². The van der Waals surface area contributed by atoms with Crippen molar-refractivity contribution in [2.24, 2.45) is 5.41 Å². The predicted molar refractivity (Wildman–Crippen MR) is 132 cm³/mol. The zero-order valence-electron chi connectivity index (χ0n) is 20.1. The molecule has 0 saturated carbocycles. The van der Waals surface area contributed by atoms with Gasteiger partial charge in [-0.15, -0.1) is 0 Å². The highest BCUT2D eigenvalue weighted by atomic mass is 32.2. The van der Waals surface area contributed by atoms with Crippen LogP contribution >= 0.6 is 0 Å². The Kier molecular flexibility index (Phi) is 5.59. The van der Waals surface area contributed by atoms with E-state index in [1.165, 1.54) is 11.8 Å². The zero-order valence-corrected chi connectivity index (χ0v) is 20.9. The van der Waals surface area contributed by atoms with Crippen molar-refractivity contribution in [3.8, 4) is 16.9 Å². The number of sulfone groups is 1. The molecule has 2 aromatic heterocycles. The molecule has 0 N–H and O–H groups in total. The molecule has 5 rings (SSSR count). The van der Waals surface area contributed by atoms with Crippen molar-refractivity contribution in [2.45, 2.75) is 51.5 Å². The van der Waals surface area contributed by atoms with E-state index < -0.39 is 9.84 Å². The third-order valence-corrected chi connectivity index (χ3v) is 8.03. The number of fused-ring (bicyclic) bond motifs is 2. The number of aromatic nitrogens is 3. The Balaban J connectivity index is 1.52. The highest BCUT2D eigenvalue weighted by Crippen LogP contribution is 2.39. The summed E-state index contributed by atoms with van der Waals surface area (Å²) in [5.74, 6) is 1.84. The first-order valence-electron chi connectivity index (χ1n) is 11.6. The van der Waals surface area contributed by atoms with Crippen LogP contribution in [-0.2, 0) is 29.2 Å². The van der Waals surface area contributed by atoms with Crippen molar-refractivity contribution in [3.63, 3.8) is 0 Å². The van der Waals surface area contributed by atoms with Gasteiger partial charge in [-0.05, 0) is 55.4 Å². The molecule has 2 aliphatic rings. The quantitative estimate of drug-likeness (QED) is 0.559. The Labute approximate surface area is 201 Å². The largest absolute Gasteiger partial charge is 0.491 e. The van der Waals surface area contributed by atoms with Gasteiger partial charge in [-0.2, -0.15) is 0 Å². The van der Waals surface area contributed by atoms with Gasteiger partial charge in [0.2, 0.25) is 0 Å². The second-order valence-corrected chi connectivity index (χ2v) is 12.1. The molecule has 3 aromatic rings. The van der Waals surface area contributed by atoms with Gasteiger partial charge in [0.1, 0.15) is 24.5 Å². The van der Waals surface area contributed by atoms with Gasteiger partial charge < -0.3 is 9.64 Å². The summed E-state index contributed by atoms with van der Waals surface area (Å²) in [6.45, 7) is 8.29. The normalized spacial score (nSPS) is 17.4. The lowest BCUT2D eigenvalue weighted by Gasteiger charge is -2.33. The van der Waals surface area contributed by atoms with E-state index in [1.54, 1.807) is 25.5 Å². The Hall–Kier alpha value is -3.00. The van der Waals surface area contributed by atoms with Crippen LogP contribution in [0.1, 0.15) is 42.8 Å². The van der Waals surface area contributed by atoms with Gasteiger partial charge in [-0.3, -0.25) is 4.98 Å². The highest BCUT2D eigenvalue weighted by molar-refractivity contribution is 7.90. The second kappa shape index (κ2) is 8.34. The number of hydrogen-bond acceptors (Lipinski definition) is 7. The Morgan fingerprint density at radius 2 is 1.91 bits per heavy atom. The fourth-order valence-electron chi connectivity index (χ4n) is 4.93. The minimum atomic E-state index is -3.36. The van der Waals surface area contributed by atoms with Crippen LogP contribution in [0.5, 0.6) is 5.75 Å². The smallest absolute Gasteiger partial charge is 0.177 e. The van der Waals surface area contributed by atoms with Gasteiger partial charge >= 0.3 is 0 Å². The number of pyridine rings is 1. The summed E-state index contributed by atoms with van der Waals surface area (Å²) in [4.78, 5) is 16.2. The number of aryl methyl sites for hydroxylation is 2. The van der Waals surface area contributed by atoms with E-state index in [9.17, 15) is 8.42 Å². The molecule has 8 heteroatoms. The molecule has 0 amide bonds. The summed E-state index contributed by atoms with van der Waals surface area (Å²) in [5, 5.41) is 0. The third-order valence-electron chi connectivity index (χ3n) is 6.82. The molecule has 0 saturated heterocycles. The lowest BCUT2D eigenvalue weighted by Crippen LogP contribution is -2.31. The summed E-state index contributed by atoms with van der Waals surface area (Å²) in [7, 11) is -3.36. The van der Waals surface area contributed by atoms with Crippen LogP contribution in [0.2, 0.25) is 0 Å². The van der Waals surface area contributed by atoms with E-state index in [0.717, 1.165) is 59.8 Å². The molecule has 0 bridgehead atoms.